The van der Waals surface area contributed by atoms with Crippen LogP contribution in [0.1, 0.15) is 35.6 Å². The minimum Gasteiger partial charge on any atom is -0.298 e. The molecule has 1 atom stereocenters. The first kappa shape index (κ1) is 18.7. The fourth-order valence-corrected chi connectivity index (χ4v) is 3.95. The minimum atomic E-state index is -4.36. The Labute approximate surface area is 161 Å². The zero-order chi connectivity index (χ0) is 19.7. The lowest BCUT2D eigenvalue weighted by molar-refractivity contribution is -0.137. The van der Waals surface area contributed by atoms with Crippen molar-refractivity contribution in [3.63, 3.8) is 0 Å². The van der Waals surface area contributed by atoms with E-state index >= 15 is 0 Å². The molecule has 8 heteroatoms. The Bertz CT molecular complexity index is 943. The van der Waals surface area contributed by atoms with Crippen LogP contribution in [0.25, 0.3) is 11.1 Å². The average Bonchev–Trinajstić information content (AvgIpc) is 3.30. The summed E-state index contributed by atoms with van der Waals surface area (Å²) in [6, 6.07) is 5.45. The second kappa shape index (κ2) is 7.43. The summed E-state index contributed by atoms with van der Waals surface area (Å²) in [6.45, 7) is 2.65. The molecule has 1 aliphatic rings. The largest absolute Gasteiger partial charge is 0.416 e. The van der Waals surface area contributed by atoms with Gasteiger partial charge in [-0.3, -0.25) is 14.7 Å². The van der Waals surface area contributed by atoms with Crippen molar-refractivity contribution < 1.29 is 13.2 Å². The zero-order valence-electron chi connectivity index (χ0n) is 15.6. The van der Waals surface area contributed by atoms with Gasteiger partial charge in [0, 0.05) is 49.1 Å². The van der Waals surface area contributed by atoms with Gasteiger partial charge in [0.1, 0.15) is 0 Å². The maximum absolute atomic E-state index is 13.1. The van der Waals surface area contributed by atoms with Crippen molar-refractivity contribution in [3.8, 4) is 11.1 Å². The quantitative estimate of drug-likeness (QED) is 0.727. The Morgan fingerprint density at radius 2 is 2.11 bits per heavy atom. The number of aromatic amines is 1. The van der Waals surface area contributed by atoms with Crippen molar-refractivity contribution in [2.24, 2.45) is 7.05 Å². The Morgan fingerprint density at radius 3 is 2.86 bits per heavy atom. The first-order valence-corrected chi connectivity index (χ1v) is 9.31. The van der Waals surface area contributed by atoms with Crippen LogP contribution in [-0.2, 0) is 19.8 Å². The number of halogens is 3. The van der Waals surface area contributed by atoms with E-state index in [9.17, 15) is 13.2 Å². The number of likely N-dealkylation sites (tertiary alicyclic amines) is 1. The number of nitrogens with one attached hydrogen (secondary N) is 1. The molecular weight excluding hydrogens is 367 g/mol. The Hall–Kier alpha value is -2.61. The van der Waals surface area contributed by atoms with Gasteiger partial charge in [0.2, 0.25) is 0 Å². The molecule has 1 aromatic carbocycles. The molecule has 0 amide bonds. The molecular formula is C20H22F3N5. The molecule has 1 fully saturated rings. The molecule has 5 nitrogen and oxygen atoms in total. The van der Waals surface area contributed by atoms with Crippen LogP contribution >= 0.6 is 0 Å². The van der Waals surface area contributed by atoms with E-state index < -0.39 is 11.7 Å². The molecule has 3 aromatic rings. The predicted octanol–water partition coefficient (Wildman–Crippen LogP) is 4.21. The molecule has 2 aromatic heterocycles. The highest BCUT2D eigenvalue weighted by Gasteiger charge is 2.31. The lowest BCUT2D eigenvalue weighted by Crippen LogP contribution is -2.34. The van der Waals surface area contributed by atoms with Crippen molar-refractivity contribution in [2.75, 3.05) is 13.1 Å². The highest BCUT2D eigenvalue weighted by Crippen LogP contribution is 2.36. The molecule has 148 valence electrons. The van der Waals surface area contributed by atoms with Gasteiger partial charge in [-0.1, -0.05) is 12.1 Å². The summed E-state index contributed by atoms with van der Waals surface area (Å²) in [4.78, 5) is 2.36. The van der Waals surface area contributed by atoms with Gasteiger partial charge in [-0.05, 0) is 37.1 Å². The van der Waals surface area contributed by atoms with Gasteiger partial charge in [0.25, 0.3) is 0 Å². The summed E-state index contributed by atoms with van der Waals surface area (Å²) in [5.41, 5.74) is 2.72. The molecule has 1 unspecified atom stereocenters. The number of nitrogens with zero attached hydrogens (tertiary/aromatic N) is 4. The number of alkyl halides is 3. The summed E-state index contributed by atoms with van der Waals surface area (Å²) in [5, 5.41) is 11.4. The van der Waals surface area contributed by atoms with Gasteiger partial charge >= 0.3 is 6.18 Å². The molecule has 1 N–H and O–H groups in total. The van der Waals surface area contributed by atoms with Crippen LogP contribution < -0.4 is 0 Å². The molecule has 4 rings (SSSR count). The van der Waals surface area contributed by atoms with Gasteiger partial charge in [0.15, 0.2) is 0 Å². The number of rotatable bonds is 4. The summed E-state index contributed by atoms with van der Waals surface area (Å²) in [6.07, 6.45) is 3.17. The van der Waals surface area contributed by atoms with Gasteiger partial charge in [-0.2, -0.15) is 23.4 Å². The van der Waals surface area contributed by atoms with E-state index in [2.05, 4.69) is 20.2 Å². The maximum atomic E-state index is 13.1. The van der Waals surface area contributed by atoms with Gasteiger partial charge < -0.3 is 0 Å². The second-order valence-corrected chi connectivity index (χ2v) is 7.37. The maximum Gasteiger partial charge on any atom is 0.416 e. The highest BCUT2D eigenvalue weighted by molar-refractivity contribution is 5.66. The lowest BCUT2D eigenvalue weighted by atomic mass is 9.90. The number of benzene rings is 1. The van der Waals surface area contributed by atoms with Crippen molar-refractivity contribution >= 4 is 0 Å². The fourth-order valence-electron chi connectivity index (χ4n) is 3.95. The van der Waals surface area contributed by atoms with Crippen molar-refractivity contribution in [2.45, 2.75) is 31.5 Å². The first-order valence-electron chi connectivity index (χ1n) is 9.31. The summed E-state index contributed by atoms with van der Waals surface area (Å²) in [7, 11) is 1.90. The average molecular weight is 389 g/mol. The van der Waals surface area contributed by atoms with Crippen LogP contribution in [0.15, 0.2) is 42.9 Å². The predicted molar refractivity (Wildman–Crippen MR) is 99.5 cm³/mol. The van der Waals surface area contributed by atoms with E-state index in [1.807, 2.05) is 19.4 Å². The molecule has 0 spiro atoms. The molecule has 0 radical (unpaired) electrons. The zero-order valence-corrected chi connectivity index (χ0v) is 15.6. The van der Waals surface area contributed by atoms with E-state index in [1.165, 1.54) is 12.1 Å². The molecule has 0 saturated carbocycles. The number of hydrogen-bond donors (Lipinski definition) is 1. The Kier molecular flexibility index (Phi) is 4.97. The summed E-state index contributed by atoms with van der Waals surface area (Å²) in [5.74, 6) is 0.206. The standard InChI is InChI=1S/C20H22F3N5/c1-27-11-14(9-25-27)12-28-7-3-5-16(13-28)19-18(10-24-26-19)15-4-2-6-17(8-15)20(21,22)23/h2,4,6,8-11,16H,3,5,7,12-13H2,1H3,(H,24,26). The molecule has 0 aliphatic carbocycles. The van der Waals surface area contributed by atoms with E-state index in [1.54, 1.807) is 16.9 Å². The molecule has 3 heterocycles. The smallest absolute Gasteiger partial charge is 0.298 e. The molecule has 0 bridgehead atoms. The van der Waals surface area contributed by atoms with E-state index in [-0.39, 0.29) is 5.92 Å². The lowest BCUT2D eigenvalue weighted by Gasteiger charge is -2.32. The van der Waals surface area contributed by atoms with Gasteiger partial charge in [0.05, 0.1) is 18.0 Å². The van der Waals surface area contributed by atoms with E-state index in [0.717, 1.165) is 55.4 Å². The Morgan fingerprint density at radius 1 is 1.25 bits per heavy atom. The number of aromatic nitrogens is 4. The van der Waals surface area contributed by atoms with E-state index in [0.29, 0.717) is 5.56 Å². The van der Waals surface area contributed by atoms with Crippen LogP contribution in [0, 0.1) is 0 Å². The number of hydrogen-bond acceptors (Lipinski definition) is 3. The highest BCUT2D eigenvalue weighted by atomic mass is 19.4. The second-order valence-electron chi connectivity index (χ2n) is 7.37. The molecule has 1 saturated heterocycles. The topological polar surface area (TPSA) is 49.7 Å². The monoisotopic (exact) mass is 389 g/mol. The third-order valence-electron chi connectivity index (χ3n) is 5.25. The van der Waals surface area contributed by atoms with E-state index in [4.69, 9.17) is 0 Å². The summed E-state index contributed by atoms with van der Waals surface area (Å²) < 4.78 is 41.1. The van der Waals surface area contributed by atoms with Crippen LogP contribution in [-0.4, -0.2) is 38.0 Å². The SMILES string of the molecule is Cn1cc(CN2CCCC(c3[nH]ncc3-c3cccc(C(F)(F)F)c3)C2)cn1. The van der Waals surface area contributed by atoms with Crippen molar-refractivity contribution in [3.05, 3.63) is 59.7 Å². The minimum absolute atomic E-state index is 0.206. The normalized spacial score (nSPS) is 18.5. The summed E-state index contributed by atoms with van der Waals surface area (Å²) >= 11 is 0. The first-order chi connectivity index (χ1) is 13.4. The fraction of sp³-hybridized carbons (Fsp3) is 0.400. The van der Waals surface area contributed by atoms with Crippen molar-refractivity contribution in [1.29, 1.82) is 0 Å². The number of H-pyrrole nitrogens is 1. The molecule has 28 heavy (non-hydrogen) atoms. The van der Waals surface area contributed by atoms with Crippen LogP contribution in [0.2, 0.25) is 0 Å². The third kappa shape index (κ3) is 3.96. The van der Waals surface area contributed by atoms with Gasteiger partial charge in [-0.15, -0.1) is 0 Å². The number of piperidine rings is 1. The number of aryl methyl sites for hydroxylation is 1. The van der Waals surface area contributed by atoms with Gasteiger partial charge in [-0.25, -0.2) is 0 Å². The van der Waals surface area contributed by atoms with Crippen LogP contribution in [0.3, 0.4) is 0 Å². The molecule has 1 aliphatic heterocycles. The Balaban J connectivity index is 1.55. The van der Waals surface area contributed by atoms with Crippen LogP contribution in [0.4, 0.5) is 13.2 Å². The van der Waals surface area contributed by atoms with Crippen molar-refractivity contribution in [1.82, 2.24) is 24.9 Å². The third-order valence-corrected chi connectivity index (χ3v) is 5.25. The van der Waals surface area contributed by atoms with Crippen LogP contribution in [0.5, 0.6) is 0 Å².